The summed E-state index contributed by atoms with van der Waals surface area (Å²) in [5.74, 6) is 0.765. The molecule has 0 bridgehead atoms. The van der Waals surface area contributed by atoms with E-state index >= 15 is 0 Å². The number of amides is 1. The molecule has 5 nitrogen and oxygen atoms in total. The molecule has 0 unspecified atom stereocenters. The minimum Gasteiger partial charge on any atom is -0.494 e. The summed E-state index contributed by atoms with van der Waals surface area (Å²) in [5, 5.41) is 0. The molecule has 1 saturated heterocycles. The molecule has 1 amide bonds. The van der Waals surface area contributed by atoms with Crippen molar-refractivity contribution in [2.24, 2.45) is 0 Å². The molecule has 0 aliphatic carbocycles. The normalized spacial score (nSPS) is 18.0. The lowest BCUT2D eigenvalue weighted by atomic mass is 10.1. The van der Waals surface area contributed by atoms with Gasteiger partial charge in [-0.05, 0) is 58.6 Å². The van der Waals surface area contributed by atoms with Crippen molar-refractivity contribution in [1.29, 1.82) is 0 Å². The van der Waals surface area contributed by atoms with Gasteiger partial charge < -0.3 is 9.64 Å². The van der Waals surface area contributed by atoms with Crippen LogP contribution >= 0.6 is 15.9 Å². The maximum absolute atomic E-state index is 13.3. The summed E-state index contributed by atoms with van der Waals surface area (Å²) in [4.78, 5) is 14.9. The lowest BCUT2D eigenvalue weighted by Crippen LogP contribution is -2.40. The average molecular weight is 466 g/mol. The number of ether oxygens (including phenoxy) is 1. The average Bonchev–Trinajstić information content (AvgIpc) is 3.04. The summed E-state index contributed by atoms with van der Waals surface area (Å²) in [6.45, 7) is 3.07. The number of carbonyl (C=O) groups excluding carboxylic acids is 1. The summed E-state index contributed by atoms with van der Waals surface area (Å²) in [6, 6.07) is 14.5. The van der Waals surface area contributed by atoms with Gasteiger partial charge in [-0.3, -0.25) is 4.79 Å². The molecular formula is C21H24BrNO4S. The standard InChI is InChI=1S/C21H24BrNO4S/c1-2-12-27-18-9-7-16(8-10-18)14-23(17-11-13-28(25,26)15-17)21(24)19-5-3-4-6-20(19)22/h3-10,17H,2,11-15H2,1H3/t17-/m1/s1. The van der Waals surface area contributed by atoms with Crippen LogP contribution in [0.25, 0.3) is 0 Å². The molecule has 1 aliphatic rings. The topological polar surface area (TPSA) is 63.7 Å². The lowest BCUT2D eigenvalue weighted by molar-refractivity contribution is 0.0680. The lowest BCUT2D eigenvalue weighted by Gasteiger charge is -2.29. The molecule has 0 N–H and O–H groups in total. The molecule has 0 spiro atoms. The second-order valence-electron chi connectivity index (χ2n) is 6.96. The van der Waals surface area contributed by atoms with Gasteiger partial charge in [0.1, 0.15) is 5.75 Å². The van der Waals surface area contributed by atoms with Crippen molar-refractivity contribution >= 4 is 31.7 Å². The Kier molecular flexibility index (Phi) is 6.78. The molecule has 150 valence electrons. The van der Waals surface area contributed by atoms with E-state index in [1.54, 1.807) is 17.0 Å². The number of rotatable bonds is 7. The molecule has 2 aromatic rings. The van der Waals surface area contributed by atoms with Crippen LogP contribution in [0.1, 0.15) is 35.7 Å². The van der Waals surface area contributed by atoms with Crippen LogP contribution in [0, 0.1) is 0 Å². The number of carbonyl (C=O) groups is 1. The Bertz CT molecular complexity index is 928. The Balaban J connectivity index is 1.84. The van der Waals surface area contributed by atoms with Crippen molar-refractivity contribution in [2.45, 2.75) is 32.4 Å². The van der Waals surface area contributed by atoms with Crippen LogP contribution < -0.4 is 4.74 Å². The maximum Gasteiger partial charge on any atom is 0.255 e. The van der Waals surface area contributed by atoms with E-state index in [2.05, 4.69) is 22.9 Å². The number of hydrogen-bond acceptors (Lipinski definition) is 4. The SMILES string of the molecule is CCCOc1ccc(CN(C(=O)c2ccccc2Br)[C@@H]2CCS(=O)(=O)C2)cc1. The van der Waals surface area contributed by atoms with Crippen LogP contribution in [0.5, 0.6) is 5.75 Å². The van der Waals surface area contributed by atoms with Crippen molar-refractivity contribution < 1.29 is 17.9 Å². The maximum atomic E-state index is 13.3. The molecule has 1 aliphatic heterocycles. The smallest absolute Gasteiger partial charge is 0.255 e. The van der Waals surface area contributed by atoms with E-state index in [1.807, 2.05) is 36.4 Å². The molecule has 0 saturated carbocycles. The zero-order chi connectivity index (χ0) is 20.1. The summed E-state index contributed by atoms with van der Waals surface area (Å²) >= 11 is 3.43. The predicted octanol–water partition coefficient (Wildman–Crippen LogP) is 4.07. The quantitative estimate of drug-likeness (QED) is 0.617. The Morgan fingerprint density at radius 3 is 2.50 bits per heavy atom. The van der Waals surface area contributed by atoms with E-state index in [1.165, 1.54) is 0 Å². The second-order valence-corrected chi connectivity index (χ2v) is 10.0. The van der Waals surface area contributed by atoms with Gasteiger partial charge in [-0.15, -0.1) is 0 Å². The monoisotopic (exact) mass is 465 g/mol. The molecular weight excluding hydrogens is 442 g/mol. The highest BCUT2D eigenvalue weighted by atomic mass is 79.9. The van der Waals surface area contributed by atoms with Gasteiger partial charge in [0, 0.05) is 17.1 Å². The van der Waals surface area contributed by atoms with E-state index in [0.717, 1.165) is 17.7 Å². The summed E-state index contributed by atoms with van der Waals surface area (Å²) in [6.07, 6.45) is 1.41. The highest BCUT2D eigenvalue weighted by Crippen LogP contribution is 2.26. The van der Waals surface area contributed by atoms with Crippen molar-refractivity contribution in [1.82, 2.24) is 4.90 Å². The van der Waals surface area contributed by atoms with Gasteiger partial charge in [-0.2, -0.15) is 0 Å². The van der Waals surface area contributed by atoms with Crippen LogP contribution in [-0.2, 0) is 16.4 Å². The molecule has 28 heavy (non-hydrogen) atoms. The van der Waals surface area contributed by atoms with Crippen molar-refractivity contribution in [3.63, 3.8) is 0 Å². The van der Waals surface area contributed by atoms with Crippen LogP contribution in [0.4, 0.5) is 0 Å². The van der Waals surface area contributed by atoms with E-state index < -0.39 is 9.84 Å². The van der Waals surface area contributed by atoms with Gasteiger partial charge in [0.15, 0.2) is 9.84 Å². The first kappa shape index (κ1) is 20.9. The third kappa shape index (κ3) is 5.14. The van der Waals surface area contributed by atoms with Crippen molar-refractivity contribution in [3.05, 3.63) is 64.1 Å². The molecule has 3 rings (SSSR count). The summed E-state index contributed by atoms with van der Waals surface area (Å²) < 4.78 is 30.3. The fraction of sp³-hybridized carbons (Fsp3) is 0.381. The summed E-state index contributed by atoms with van der Waals surface area (Å²) in [5.41, 5.74) is 1.48. The zero-order valence-corrected chi connectivity index (χ0v) is 18.2. The third-order valence-corrected chi connectivity index (χ3v) is 7.21. The Labute approximate surface area is 174 Å². The van der Waals surface area contributed by atoms with E-state index in [0.29, 0.717) is 29.6 Å². The third-order valence-electron chi connectivity index (χ3n) is 4.76. The van der Waals surface area contributed by atoms with Gasteiger partial charge in [0.2, 0.25) is 0 Å². The minimum atomic E-state index is -3.10. The number of benzene rings is 2. The first-order chi connectivity index (χ1) is 13.4. The fourth-order valence-corrected chi connectivity index (χ4v) is 5.47. The van der Waals surface area contributed by atoms with E-state index in [9.17, 15) is 13.2 Å². The Hall–Kier alpha value is -1.86. The van der Waals surface area contributed by atoms with E-state index in [4.69, 9.17) is 4.74 Å². The van der Waals surface area contributed by atoms with Crippen LogP contribution in [0.3, 0.4) is 0 Å². The number of halogens is 1. The zero-order valence-electron chi connectivity index (χ0n) is 15.8. The molecule has 1 fully saturated rings. The second kappa shape index (κ2) is 9.09. The van der Waals surface area contributed by atoms with Gasteiger partial charge in [0.05, 0.1) is 23.7 Å². The number of sulfone groups is 1. The van der Waals surface area contributed by atoms with Gasteiger partial charge in [0.25, 0.3) is 5.91 Å². The molecule has 1 heterocycles. The molecule has 1 atom stereocenters. The number of hydrogen-bond donors (Lipinski definition) is 0. The molecule has 7 heteroatoms. The predicted molar refractivity (Wildman–Crippen MR) is 113 cm³/mol. The van der Waals surface area contributed by atoms with Crippen LogP contribution in [0.2, 0.25) is 0 Å². The first-order valence-electron chi connectivity index (χ1n) is 9.37. The van der Waals surface area contributed by atoms with Gasteiger partial charge in [-0.25, -0.2) is 8.42 Å². The molecule has 0 aromatic heterocycles. The van der Waals surface area contributed by atoms with Crippen molar-refractivity contribution in [3.8, 4) is 5.75 Å². The first-order valence-corrected chi connectivity index (χ1v) is 12.0. The van der Waals surface area contributed by atoms with E-state index in [-0.39, 0.29) is 23.5 Å². The van der Waals surface area contributed by atoms with Crippen LogP contribution in [0.15, 0.2) is 53.0 Å². The minimum absolute atomic E-state index is 0.0148. The Morgan fingerprint density at radius 1 is 1.18 bits per heavy atom. The number of nitrogens with zero attached hydrogens (tertiary/aromatic N) is 1. The van der Waals surface area contributed by atoms with Crippen LogP contribution in [-0.4, -0.2) is 43.4 Å². The molecule has 0 radical (unpaired) electrons. The Morgan fingerprint density at radius 2 is 1.89 bits per heavy atom. The highest BCUT2D eigenvalue weighted by Gasteiger charge is 2.35. The molecule has 2 aromatic carbocycles. The largest absolute Gasteiger partial charge is 0.494 e. The van der Waals surface area contributed by atoms with Crippen molar-refractivity contribution in [2.75, 3.05) is 18.1 Å². The highest BCUT2D eigenvalue weighted by molar-refractivity contribution is 9.10. The van der Waals surface area contributed by atoms with Gasteiger partial charge in [-0.1, -0.05) is 31.2 Å². The van der Waals surface area contributed by atoms with Gasteiger partial charge >= 0.3 is 0 Å². The summed E-state index contributed by atoms with van der Waals surface area (Å²) in [7, 11) is -3.10. The fourth-order valence-electron chi connectivity index (χ4n) is 3.28.